The molecule has 0 aromatic heterocycles. The van der Waals surface area contributed by atoms with Gasteiger partial charge in [-0.15, -0.1) is 0 Å². The van der Waals surface area contributed by atoms with Crippen molar-refractivity contribution in [3.8, 4) is 0 Å². The van der Waals surface area contributed by atoms with E-state index in [0.29, 0.717) is 19.3 Å². The fourth-order valence-electron chi connectivity index (χ4n) is 9.79. The smallest absolute Gasteiger partial charge is 0.306 e. The average Bonchev–Trinajstić information content (AvgIpc) is 3.49. The van der Waals surface area contributed by atoms with Gasteiger partial charge in [-0.2, -0.15) is 0 Å². The molecule has 0 saturated heterocycles. The summed E-state index contributed by atoms with van der Waals surface area (Å²) in [6, 6.07) is 0. The summed E-state index contributed by atoms with van der Waals surface area (Å²) in [7, 11) is 0. The normalized spacial score (nSPS) is 12.9. The van der Waals surface area contributed by atoms with Crippen molar-refractivity contribution in [2.75, 3.05) is 13.2 Å². The third kappa shape index (κ3) is 68.5. The molecule has 0 saturated carbocycles. The van der Waals surface area contributed by atoms with Crippen LogP contribution in [0, 0.1) is 0 Å². The van der Waals surface area contributed by atoms with Crippen LogP contribution in [0.4, 0.5) is 0 Å². The highest BCUT2D eigenvalue weighted by Crippen LogP contribution is 2.17. The van der Waals surface area contributed by atoms with Crippen LogP contribution >= 0.6 is 0 Å². The summed E-state index contributed by atoms with van der Waals surface area (Å²) in [4.78, 5) is 38.5. The molecule has 0 fully saturated rings. The summed E-state index contributed by atoms with van der Waals surface area (Å²) in [6.45, 7) is 6.44. The van der Waals surface area contributed by atoms with Gasteiger partial charge in [-0.3, -0.25) is 14.4 Å². The van der Waals surface area contributed by atoms with Gasteiger partial charge >= 0.3 is 17.9 Å². The second-order valence-electron chi connectivity index (χ2n) is 23.0. The van der Waals surface area contributed by atoms with Crippen molar-refractivity contribution in [3.05, 3.63) is 122 Å². The first-order valence-electron chi connectivity index (χ1n) is 35.0. The van der Waals surface area contributed by atoms with E-state index in [1.165, 1.54) is 154 Å². The lowest BCUT2D eigenvalue weighted by molar-refractivity contribution is -0.167. The Balaban J connectivity index is 4.43. The predicted molar refractivity (Wildman–Crippen MR) is 362 cm³/mol. The largest absolute Gasteiger partial charge is 0.462 e. The van der Waals surface area contributed by atoms with Crippen LogP contribution in [0.2, 0.25) is 0 Å². The van der Waals surface area contributed by atoms with Crippen LogP contribution in [0.25, 0.3) is 0 Å². The number of ether oxygens (including phenoxy) is 3. The van der Waals surface area contributed by atoms with Gasteiger partial charge in [0.05, 0.1) is 0 Å². The topological polar surface area (TPSA) is 78.9 Å². The molecule has 1 atom stereocenters. The van der Waals surface area contributed by atoms with Crippen LogP contribution in [0.3, 0.4) is 0 Å². The Kier molecular flexibility index (Phi) is 66.7. The van der Waals surface area contributed by atoms with Crippen molar-refractivity contribution in [3.63, 3.8) is 0 Å². The third-order valence-corrected chi connectivity index (χ3v) is 15.0. The highest BCUT2D eigenvalue weighted by molar-refractivity contribution is 5.71. The van der Waals surface area contributed by atoms with Crippen molar-refractivity contribution in [1.82, 2.24) is 0 Å². The number of hydrogen-bond acceptors (Lipinski definition) is 6. The molecular weight excluding hydrogens is 1020 g/mol. The van der Waals surface area contributed by atoms with Crippen molar-refractivity contribution in [2.24, 2.45) is 0 Å². The molecule has 6 nitrogen and oxygen atoms in total. The second-order valence-corrected chi connectivity index (χ2v) is 23.0. The Hall–Kier alpha value is -4.19. The molecule has 0 aliphatic heterocycles. The van der Waals surface area contributed by atoms with Gasteiger partial charge < -0.3 is 14.2 Å². The molecule has 0 rings (SSSR count). The van der Waals surface area contributed by atoms with Crippen LogP contribution in [0.5, 0.6) is 0 Å². The Morgan fingerprint density at radius 3 is 0.735 bits per heavy atom. The number of unbranched alkanes of at least 4 members (excludes halogenated alkanes) is 32. The first-order valence-corrected chi connectivity index (χ1v) is 35.0. The molecule has 1 unspecified atom stereocenters. The summed E-state index contributed by atoms with van der Waals surface area (Å²) in [5, 5.41) is 0. The van der Waals surface area contributed by atoms with E-state index in [9.17, 15) is 14.4 Å². The van der Waals surface area contributed by atoms with Gasteiger partial charge in [0.2, 0.25) is 0 Å². The zero-order chi connectivity index (χ0) is 59.9. The Morgan fingerprint density at radius 1 is 0.253 bits per heavy atom. The second kappa shape index (κ2) is 70.3. The molecule has 0 N–H and O–H groups in total. The van der Waals surface area contributed by atoms with E-state index in [-0.39, 0.29) is 31.1 Å². The third-order valence-electron chi connectivity index (χ3n) is 15.0. The van der Waals surface area contributed by atoms with Crippen molar-refractivity contribution < 1.29 is 28.6 Å². The molecule has 0 aliphatic rings. The Labute approximate surface area is 513 Å². The highest BCUT2D eigenvalue weighted by Gasteiger charge is 2.19. The summed E-state index contributed by atoms with van der Waals surface area (Å²) in [6.07, 6.45) is 97.8. The quantitative estimate of drug-likeness (QED) is 0.0261. The standard InChI is InChI=1S/C77H130O6/c1-4-7-10-13-16-19-22-25-28-31-34-36-38-40-43-46-49-52-55-58-61-64-67-70-76(79)82-73-74(72-81-75(78)69-66-63-60-57-54-51-48-45-42-33-30-27-24-21-18-15-12-9-6-3)83-77(80)71-68-65-62-59-56-53-50-47-44-41-39-37-35-32-29-26-23-20-17-14-11-8-5-2/h7-8,10-11,16-17,19-20,25-26,28-29,34-37,40-41,43-44,74H,4-6,9,12-15,18,21-24,27,30-33,38-39,42,45-73H2,1-3H3/b10-7-,11-8-,19-16-,20-17-,28-25-,29-26-,36-34-,37-35-,43-40-,44-41-. The van der Waals surface area contributed by atoms with Crippen LogP contribution < -0.4 is 0 Å². The summed E-state index contributed by atoms with van der Waals surface area (Å²) in [5.41, 5.74) is 0. The van der Waals surface area contributed by atoms with Crippen molar-refractivity contribution >= 4 is 17.9 Å². The van der Waals surface area contributed by atoms with E-state index < -0.39 is 6.10 Å². The first kappa shape index (κ1) is 78.8. The van der Waals surface area contributed by atoms with Gasteiger partial charge in [-0.1, -0.05) is 322 Å². The molecule has 0 spiro atoms. The molecule has 0 aliphatic carbocycles. The molecule has 0 bridgehead atoms. The molecule has 0 aromatic carbocycles. The van der Waals surface area contributed by atoms with Crippen LogP contribution in [-0.2, 0) is 28.6 Å². The number of esters is 3. The monoisotopic (exact) mass is 1150 g/mol. The van der Waals surface area contributed by atoms with E-state index in [1.807, 2.05) is 0 Å². The maximum atomic E-state index is 13.0. The van der Waals surface area contributed by atoms with Gasteiger partial charge in [-0.05, 0) is 109 Å². The van der Waals surface area contributed by atoms with E-state index in [1.54, 1.807) is 0 Å². The van der Waals surface area contributed by atoms with E-state index in [4.69, 9.17) is 14.2 Å². The SMILES string of the molecule is CC/C=C\C/C=C\C/C=C\C/C=C\C/C=C\CCCCCCCCCC(=O)OCC(COC(=O)CCCCCCCCCCCCCCCCCCCCC)OC(=O)CCCCCCCCC/C=C\C/C=C\C/C=C\C/C=C\C/C=C\CC. The molecule has 83 heavy (non-hydrogen) atoms. The summed E-state index contributed by atoms with van der Waals surface area (Å²) in [5.74, 6) is -0.895. The maximum Gasteiger partial charge on any atom is 0.306 e. The predicted octanol–water partition coefficient (Wildman–Crippen LogP) is 24.3. The molecule has 0 radical (unpaired) electrons. The number of rotatable bonds is 63. The number of hydrogen-bond donors (Lipinski definition) is 0. The van der Waals surface area contributed by atoms with Gasteiger partial charge in [0.25, 0.3) is 0 Å². The Bertz CT molecular complexity index is 1700. The van der Waals surface area contributed by atoms with Crippen LogP contribution in [0.1, 0.15) is 329 Å². The molecule has 0 heterocycles. The molecule has 0 amide bonds. The summed E-state index contributed by atoms with van der Waals surface area (Å²) < 4.78 is 17.0. The van der Waals surface area contributed by atoms with E-state index in [0.717, 1.165) is 135 Å². The average molecular weight is 1150 g/mol. The van der Waals surface area contributed by atoms with Crippen LogP contribution in [0.15, 0.2) is 122 Å². The minimum Gasteiger partial charge on any atom is -0.462 e. The fraction of sp³-hybridized carbons (Fsp3) is 0.701. The first-order chi connectivity index (χ1) is 41.0. The molecule has 0 aromatic rings. The highest BCUT2D eigenvalue weighted by atomic mass is 16.6. The molecule has 6 heteroatoms. The lowest BCUT2D eigenvalue weighted by Crippen LogP contribution is -2.30. The zero-order valence-electron chi connectivity index (χ0n) is 54.4. The lowest BCUT2D eigenvalue weighted by atomic mass is 10.0. The maximum absolute atomic E-state index is 13.0. The Morgan fingerprint density at radius 2 is 0.470 bits per heavy atom. The lowest BCUT2D eigenvalue weighted by Gasteiger charge is -2.18. The zero-order valence-corrected chi connectivity index (χ0v) is 54.4. The minimum absolute atomic E-state index is 0.0856. The van der Waals surface area contributed by atoms with Crippen molar-refractivity contribution in [1.29, 1.82) is 0 Å². The summed E-state index contributed by atoms with van der Waals surface area (Å²) >= 11 is 0. The van der Waals surface area contributed by atoms with Gasteiger partial charge in [-0.25, -0.2) is 0 Å². The van der Waals surface area contributed by atoms with E-state index >= 15 is 0 Å². The van der Waals surface area contributed by atoms with Gasteiger partial charge in [0, 0.05) is 19.3 Å². The van der Waals surface area contributed by atoms with Crippen molar-refractivity contribution in [2.45, 2.75) is 335 Å². The fourth-order valence-corrected chi connectivity index (χ4v) is 9.79. The molecular formula is C77H130O6. The minimum atomic E-state index is -0.793. The van der Waals surface area contributed by atoms with Gasteiger partial charge in [0.1, 0.15) is 13.2 Å². The molecule has 474 valence electrons. The van der Waals surface area contributed by atoms with E-state index in [2.05, 4.69) is 142 Å². The number of allylic oxidation sites excluding steroid dienone is 20. The number of carbonyl (C=O) groups is 3. The van der Waals surface area contributed by atoms with Gasteiger partial charge in [0.15, 0.2) is 6.10 Å². The van der Waals surface area contributed by atoms with Crippen LogP contribution in [-0.4, -0.2) is 37.2 Å². The number of carbonyl (C=O) groups excluding carboxylic acids is 3.